The summed E-state index contributed by atoms with van der Waals surface area (Å²) in [6, 6.07) is 3.78. The molecule has 3 rings (SSSR count). The number of pyridine rings is 1. The molecule has 0 saturated heterocycles. The minimum absolute atomic E-state index is 0.119. The summed E-state index contributed by atoms with van der Waals surface area (Å²) < 4.78 is 13.3. The van der Waals surface area contributed by atoms with Gasteiger partial charge in [0.15, 0.2) is 0 Å². The first-order valence-electron chi connectivity index (χ1n) is 10.5. The molecule has 1 N–H and O–H groups in total. The van der Waals surface area contributed by atoms with Gasteiger partial charge in [0.2, 0.25) is 0 Å². The van der Waals surface area contributed by atoms with E-state index in [4.69, 9.17) is 9.47 Å². The number of esters is 1. The Balaban J connectivity index is 1.64. The van der Waals surface area contributed by atoms with Crippen LogP contribution in [0.1, 0.15) is 52.7 Å². The third-order valence-corrected chi connectivity index (χ3v) is 5.63. The van der Waals surface area contributed by atoms with Crippen LogP contribution in [0.5, 0.6) is 0 Å². The second-order valence-corrected chi connectivity index (χ2v) is 9.58. The van der Waals surface area contributed by atoms with Crippen LogP contribution in [0.25, 0.3) is 5.82 Å². The van der Waals surface area contributed by atoms with E-state index in [-0.39, 0.29) is 11.9 Å². The molecule has 1 fully saturated rings. The molecule has 1 aliphatic carbocycles. The number of alkyl carbamates (subject to hydrolysis) is 1. The first-order chi connectivity index (χ1) is 14.7. The molecule has 9 heteroatoms. The lowest BCUT2D eigenvalue weighted by Gasteiger charge is -2.19. The number of hydrogen-bond donors (Lipinski definition) is 1. The van der Waals surface area contributed by atoms with Gasteiger partial charge in [0.1, 0.15) is 23.2 Å². The van der Waals surface area contributed by atoms with Crippen LogP contribution in [-0.4, -0.2) is 45.4 Å². The quantitative estimate of drug-likeness (QED) is 0.439. The van der Waals surface area contributed by atoms with Crippen molar-refractivity contribution in [1.82, 2.24) is 19.9 Å². The molecule has 1 saturated carbocycles. The lowest BCUT2D eigenvalue weighted by atomic mass is 9.97. The molecular weight excluding hydrogens is 464 g/mol. The van der Waals surface area contributed by atoms with E-state index in [0.29, 0.717) is 25.3 Å². The van der Waals surface area contributed by atoms with Crippen LogP contribution >= 0.6 is 15.9 Å². The highest BCUT2D eigenvalue weighted by atomic mass is 79.9. The van der Waals surface area contributed by atoms with Crippen LogP contribution in [0.4, 0.5) is 4.79 Å². The summed E-state index contributed by atoms with van der Waals surface area (Å²) in [5, 5.41) is 2.76. The Kier molecular flexibility index (Phi) is 7.03. The highest BCUT2D eigenvalue weighted by Gasteiger charge is 2.63. The fourth-order valence-electron chi connectivity index (χ4n) is 3.66. The zero-order valence-corrected chi connectivity index (χ0v) is 19.9. The van der Waals surface area contributed by atoms with Gasteiger partial charge in [0.25, 0.3) is 0 Å². The van der Waals surface area contributed by atoms with Gasteiger partial charge in [0.05, 0.1) is 12.3 Å². The van der Waals surface area contributed by atoms with E-state index in [1.165, 1.54) is 0 Å². The number of ether oxygens (including phenoxy) is 2. The number of imidazole rings is 1. The molecule has 0 unspecified atom stereocenters. The van der Waals surface area contributed by atoms with Crippen molar-refractivity contribution >= 4 is 28.0 Å². The number of amides is 1. The van der Waals surface area contributed by atoms with Crippen molar-refractivity contribution in [2.24, 2.45) is 5.92 Å². The van der Waals surface area contributed by atoms with Crippen LogP contribution in [0.3, 0.4) is 0 Å². The maximum absolute atomic E-state index is 12.8. The van der Waals surface area contributed by atoms with E-state index in [0.717, 1.165) is 23.1 Å². The Hall–Kier alpha value is -2.42. The van der Waals surface area contributed by atoms with E-state index < -0.39 is 17.1 Å². The molecule has 0 bridgehead atoms. The summed E-state index contributed by atoms with van der Waals surface area (Å²) in [7, 11) is 0. The van der Waals surface area contributed by atoms with Crippen molar-refractivity contribution in [2.75, 3.05) is 13.2 Å². The van der Waals surface area contributed by atoms with Crippen molar-refractivity contribution < 1.29 is 19.1 Å². The molecule has 2 atom stereocenters. The van der Waals surface area contributed by atoms with Crippen LogP contribution in [-0.2, 0) is 19.7 Å². The lowest BCUT2D eigenvalue weighted by Crippen LogP contribution is -2.33. The average molecular weight is 493 g/mol. The van der Waals surface area contributed by atoms with E-state index in [9.17, 15) is 9.59 Å². The van der Waals surface area contributed by atoms with Gasteiger partial charge >= 0.3 is 12.1 Å². The molecule has 2 aromatic rings. The van der Waals surface area contributed by atoms with Gasteiger partial charge in [-0.25, -0.2) is 14.8 Å². The van der Waals surface area contributed by atoms with E-state index >= 15 is 0 Å². The zero-order chi connectivity index (χ0) is 22.6. The SMILES string of the molecule is CCOC(=O)[C@]1(c2cn(-c3ccc(Br)cn3)cn2)C[C@@H]1CCCNC(=O)OC(C)(C)C. The van der Waals surface area contributed by atoms with Crippen LogP contribution in [0.15, 0.2) is 35.3 Å². The summed E-state index contributed by atoms with van der Waals surface area (Å²) in [6.45, 7) is 8.09. The van der Waals surface area contributed by atoms with Crippen molar-refractivity contribution in [2.45, 2.75) is 58.0 Å². The molecule has 1 amide bonds. The first-order valence-corrected chi connectivity index (χ1v) is 11.3. The van der Waals surface area contributed by atoms with Crippen molar-refractivity contribution in [1.29, 1.82) is 0 Å². The molecule has 0 radical (unpaired) electrons. The van der Waals surface area contributed by atoms with Gasteiger partial charge in [-0.05, 0) is 80.9 Å². The fourth-order valence-corrected chi connectivity index (χ4v) is 3.89. The summed E-state index contributed by atoms with van der Waals surface area (Å²) in [5.41, 5.74) is -0.564. The number of nitrogens with one attached hydrogen (secondary N) is 1. The number of aromatic nitrogens is 3. The van der Waals surface area contributed by atoms with E-state index in [2.05, 4.69) is 31.2 Å². The molecule has 168 valence electrons. The molecule has 31 heavy (non-hydrogen) atoms. The summed E-state index contributed by atoms with van der Waals surface area (Å²) >= 11 is 3.38. The first kappa shape index (κ1) is 23.2. The molecule has 0 aromatic carbocycles. The van der Waals surface area contributed by atoms with Crippen molar-refractivity contribution in [3.63, 3.8) is 0 Å². The number of halogens is 1. The molecule has 0 aliphatic heterocycles. The molecule has 2 heterocycles. The lowest BCUT2D eigenvalue weighted by molar-refractivity contribution is -0.146. The molecule has 2 aromatic heterocycles. The van der Waals surface area contributed by atoms with Gasteiger partial charge < -0.3 is 14.8 Å². The molecule has 8 nitrogen and oxygen atoms in total. The number of hydrogen-bond acceptors (Lipinski definition) is 6. The zero-order valence-electron chi connectivity index (χ0n) is 18.4. The fraction of sp³-hybridized carbons (Fsp3) is 0.545. The summed E-state index contributed by atoms with van der Waals surface area (Å²) in [6.07, 6.45) is 7.01. The highest BCUT2D eigenvalue weighted by molar-refractivity contribution is 9.10. The second kappa shape index (κ2) is 9.38. The summed E-state index contributed by atoms with van der Waals surface area (Å²) in [5.74, 6) is 0.599. The minimum Gasteiger partial charge on any atom is -0.465 e. The van der Waals surface area contributed by atoms with E-state index in [1.54, 1.807) is 19.4 Å². The third kappa shape index (κ3) is 5.64. The number of carbonyl (C=O) groups excluding carboxylic acids is 2. The van der Waals surface area contributed by atoms with E-state index in [1.807, 2.05) is 43.7 Å². The van der Waals surface area contributed by atoms with Crippen LogP contribution in [0.2, 0.25) is 0 Å². The second-order valence-electron chi connectivity index (χ2n) is 8.66. The average Bonchev–Trinajstić information content (AvgIpc) is 3.21. The van der Waals surface area contributed by atoms with Crippen molar-refractivity contribution in [3.8, 4) is 5.82 Å². The molecule has 0 spiro atoms. The Bertz CT molecular complexity index is 922. The summed E-state index contributed by atoms with van der Waals surface area (Å²) in [4.78, 5) is 33.5. The number of nitrogens with zero attached hydrogens (tertiary/aromatic N) is 3. The predicted octanol–water partition coefficient (Wildman–Crippen LogP) is 4.16. The smallest absolute Gasteiger partial charge is 0.407 e. The Morgan fingerprint density at radius 2 is 2.10 bits per heavy atom. The van der Waals surface area contributed by atoms with Gasteiger partial charge in [-0.2, -0.15) is 0 Å². The van der Waals surface area contributed by atoms with Gasteiger partial charge in [0, 0.05) is 23.4 Å². The van der Waals surface area contributed by atoms with Gasteiger partial charge in [-0.3, -0.25) is 9.36 Å². The normalized spacial score (nSPS) is 20.2. The molecular formula is C22H29BrN4O4. The topological polar surface area (TPSA) is 95.3 Å². The predicted molar refractivity (Wildman–Crippen MR) is 119 cm³/mol. The maximum Gasteiger partial charge on any atom is 0.407 e. The van der Waals surface area contributed by atoms with Gasteiger partial charge in [-0.1, -0.05) is 0 Å². The number of rotatable bonds is 8. The Labute approximate surface area is 190 Å². The highest BCUT2D eigenvalue weighted by Crippen LogP contribution is 2.57. The standard InChI is InChI=1S/C22H29BrN4O4/c1-5-30-19(28)22(11-15(22)7-6-10-24-20(29)31-21(2,3)4)17-13-27(14-26-17)18-9-8-16(23)12-25-18/h8-9,12-15H,5-7,10-11H2,1-4H3,(H,24,29)/t15-,22+/m0/s1. The maximum atomic E-state index is 12.8. The van der Waals surface area contributed by atoms with Crippen LogP contribution in [0, 0.1) is 5.92 Å². The third-order valence-electron chi connectivity index (χ3n) is 5.16. The molecule has 1 aliphatic rings. The number of carbonyl (C=O) groups is 2. The van der Waals surface area contributed by atoms with Crippen molar-refractivity contribution in [3.05, 3.63) is 41.0 Å². The monoisotopic (exact) mass is 492 g/mol. The minimum atomic E-state index is -0.734. The Morgan fingerprint density at radius 1 is 1.32 bits per heavy atom. The Morgan fingerprint density at radius 3 is 2.74 bits per heavy atom. The van der Waals surface area contributed by atoms with Gasteiger partial charge in [-0.15, -0.1) is 0 Å². The van der Waals surface area contributed by atoms with Crippen LogP contribution < -0.4 is 5.32 Å². The largest absolute Gasteiger partial charge is 0.465 e.